The van der Waals surface area contributed by atoms with Crippen LogP contribution in [0.25, 0.3) is 0 Å². The van der Waals surface area contributed by atoms with E-state index in [0.717, 1.165) is 37.1 Å². The molecule has 0 bridgehead atoms. The molecule has 1 atom stereocenters. The van der Waals surface area contributed by atoms with Crippen LogP contribution in [0.5, 0.6) is 0 Å². The minimum atomic E-state index is -0.197. The maximum atomic E-state index is 12.7. The van der Waals surface area contributed by atoms with E-state index in [4.69, 9.17) is 0 Å². The Morgan fingerprint density at radius 3 is 2.48 bits per heavy atom. The van der Waals surface area contributed by atoms with Gasteiger partial charge in [-0.15, -0.1) is 0 Å². The van der Waals surface area contributed by atoms with Gasteiger partial charge in [-0.3, -0.25) is 9.59 Å². The highest BCUT2D eigenvalue weighted by atomic mass is 16.2. The maximum Gasteiger partial charge on any atom is 0.256 e. The molecule has 1 aromatic carbocycles. The second-order valence-electron chi connectivity index (χ2n) is 7.47. The first-order valence-corrected chi connectivity index (χ1v) is 9.57. The highest BCUT2D eigenvalue weighted by Crippen LogP contribution is 2.39. The summed E-state index contributed by atoms with van der Waals surface area (Å²) in [6, 6.07) is 9.94. The monoisotopic (exact) mass is 364 g/mol. The topological polar surface area (TPSA) is 75.2 Å². The fourth-order valence-electron chi connectivity index (χ4n) is 4.13. The minimum Gasteiger partial charge on any atom is -0.350 e. The van der Waals surface area contributed by atoms with E-state index in [0.29, 0.717) is 18.7 Å². The predicted molar refractivity (Wildman–Crippen MR) is 101 cm³/mol. The molecule has 4 rings (SSSR count). The van der Waals surface area contributed by atoms with Crippen LogP contribution in [0.2, 0.25) is 0 Å². The normalized spacial score (nSPS) is 21.3. The van der Waals surface area contributed by atoms with E-state index < -0.39 is 0 Å². The summed E-state index contributed by atoms with van der Waals surface area (Å²) in [6.45, 7) is 3.26. The Labute approximate surface area is 159 Å². The number of hydrogen-bond acceptors (Lipinski definition) is 4. The lowest BCUT2D eigenvalue weighted by molar-refractivity contribution is -0.121. The molecule has 1 N–H and O–H groups in total. The van der Waals surface area contributed by atoms with E-state index >= 15 is 0 Å². The summed E-state index contributed by atoms with van der Waals surface area (Å²) >= 11 is 0. The van der Waals surface area contributed by atoms with Crippen LogP contribution in [0, 0.1) is 0 Å². The number of aromatic nitrogens is 2. The molecule has 2 fully saturated rings. The Morgan fingerprint density at radius 1 is 1.19 bits per heavy atom. The number of rotatable bonds is 3. The van der Waals surface area contributed by atoms with E-state index in [-0.39, 0.29) is 23.3 Å². The molecule has 3 heterocycles. The van der Waals surface area contributed by atoms with E-state index in [1.54, 1.807) is 12.4 Å². The third kappa shape index (κ3) is 3.44. The Balaban J connectivity index is 1.41. The third-order valence-corrected chi connectivity index (χ3v) is 5.78. The molecule has 6 heteroatoms. The number of carbonyl (C=O) groups is 2. The molecule has 2 aromatic rings. The molecule has 2 saturated heterocycles. The van der Waals surface area contributed by atoms with Gasteiger partial charge in [-0.2, -0.15) is 0 Å². The molecule has 2 amide bonds. The molecular formula is C21H24N4O2. The number of hydrogen-bond donors (Lipinski definition) is 1. The van der Waals surface area contributed by atoms with Crippen molar-refractivity contribution in [1.82, 2.24) is 20.2 Å². The van der Waals surface area contributed by atoms with Gasteiger partial charge in [-0.1, -0.05) is 37.3 Å². The van der Waals surface area contributed by atoms with Crippen LogP contribution in [0.3, 0.4) is 0 Å². The minimum absolute atomic E-state index is 0.0311. The zero-order valence-electron chi connectivity index (χ0n) is 15.5. The standard InChI is InChI=1S/C21H24N4O2/c1-2-18-22-13-16(14-23-18)20(27)25-10-8-21(9-11-25)12-17(19(26)24-21)15-6-4-3-5-7-15/h3-7,13-14,17H,2,8-12H2,1H3,(H,24,26). The molecule has 27 heavy (non-hydrogen) atoms. The van der Waals surface area contributed by atoms with Crippen LogP contribution in [0.4, 0.5) is 0 Å². The van der Waals surface area contributed by atoms with Gasteiger partial charge >= 0.3 is 0 Å². The van der Waals surface area contributed by atoms with Crippen LogP contribution in [0.1, 0.15) is 53.8 Å². The van der Waals surface area contributed by atoms with Crippen LogP contribution in [0.15, 0.2) is 42.7 Å². The first-order chi connectivity index (χ1) is 13.1. The van der Waals surface area contributed by atoms with Gasteiger partial charge in [0.15, 0.2) is 0 Å². The Morgan fingerprint density at radius 2 is 1.85 bits per heavy atom. The zero-order valence-corrected chi connectivity index (χ0v) is 15.5. The summed E-state index contributed by atoms with van der Waals surface area (Å²) < 4.78 is 0. The summed E-state index contributed by atoms with van der Waals surface area (Å²) in [5, 5.41) is 3.23. The number of aryl methyl sites for hydroxylation is 1. The van der Waals surface area contributed by atoms with Gasteiger partial charge in [0.25, 0.3) is 5.91 Å². The molecule has 1 aromatic heterocycles. The highest BCUT2D eigenvalue weighted by Gasteiger charge is 2.46. The number of benzene rings is 1. The van der Waals surface area contributed by atoms with Crippen LogP contribution in [-0.4, -0.2) is 45.3 Å². The average molecular weight is 364 g/mol. The molecule has 0 aliphatic carbocycles. The van der Waals surface area contributed by atoms with Gasteiger partial charge in [-0.25, -0.2) is 9.97 Å². The van der Waals surface area contributed by atoms with Gasteiger partial charge in [0.1, 0.15) is 5.82 Å². The van der Waals surface area contributed by atoms with Crippen molar-refractivity contribution in [3.05, 3.63) is 59.7 Å². The Kier molecular flexibility index (Phi) is 4.64. The lowest BCUT2D eigenvalue weighted by atomic mass is 9.82. The molecule has 1 spiro atoms. The Bertz CT molecular complexity index is 827. The van der Waals surface area contributed by atoms with Crippen molar-refractivity contribution in [2.24, 2.45) is 0 Å². The summed E-state index contributed by atoms with van der Waals surface area (Å²) in [6.07, 6.45) is 6.33. The molecule has 0 saturated carbocycles. The predicted octanol–water partition coefficient (Wildman–Crippen LogP) is 2.32. The van der Waals surface area contributed by atoms with Crippen molar-refractivity contribution in [2.45, 2.75) is 44.1 Å². The summed E-state index contributed by atoms with van der Waals surface area (Å²) in [4.78, 5) is 35.5. The fraction of sp³-hybridized carbons (Fsp3) is 0.429. The first-order valence-electron chi connectivity index (χ1n) is 9.57. The van der Waals surface area contributed by atoms with Crippen molar-refractivity contribution in [1.29, 1.82) is 0 Å². The second-order valence-corrected chi connectivity index (χ2v) is 7.47. The van der Waals surface area contributed by atoms with Crippen molar-refractivity contribution in [2.75, 3.05) is 13.1 Å². The molecule has 6 nitrogen and oxygen atoms in total. The maximum absolute atomic E-state index is 12.7. The molecule has 2 aliphatic rings. The van der Waals surface area contributed by atoms with Crippen molar-refractivity contribution in [3.8, 4) is 0 Å². The van der Waals surface area contributed by atoms with Crippen molar-refractivity contribution in [3.63, 3.8) is 0 Å². The van der Waals surface area contributed by atoms with E-state index in [2.05, 4.69) is 15.3 Å². The first kappa shape index (κ1) is 17.6. The van der Waals surface area contributed by atoms with Crippen LogP contribution in [-0.2, 0) is 11.2 Å². The molecule has 1 unspecified atom stereocenters. The third-order valence-electron chi connectivity index (χ3n) is 5.78. The van der Waals surface area contributed by atoms with Crippen molar-refractivity contribution < 1.29 is 9.59 Å². The Hall–Kier alpha value is -2.76. The number of carbonyl (C=O) groups excluding carboxylic acids is 2. The van der Waals surface area contributed by atoms with E-state index in [9.17, 15) is 9.59 Å². The van der Waals surface area contributed by atoms with Crippen LogP contribution < -0.4 is 5.32 Å². The van der Waals surface area contributed by atoms with Gasteiger partial charge in [0.2, 0.25) is 5.91 Å². The quantitative estimate of drug-likeness (QED) is 0.907. The van der Waals surface area contributed by atoms with Gasteiger partial charge in [-0.05, 0) is 24.8 Å². The van der Waals surface area contributed by atoms with E-state index in [1.165, 1.54) is 0 Å². The summed E-state index contributed by atoms with van der Waals surface area (Å²) in [5.41, 5.74) is 1.40. The fourth-order valence-corrected chi connectivity index (χ4v) is 4.13. The highest BCUT2D eigenvalue weighted by molar-refractivity contribution is 5.93. The molecule has 140 valence electrons. The molecular weight excluding hydrogens is 340 g/mol. The number of likely N-dealkylation sites (tertiary alicyclic amines) is 1. The number of piperidine rings is 1. The summed E-state index contributed by atoms with van der Waals surface area (Å²) in [7, 11) is 0. The zero-order chi connectivity index (χ0) is 18.9. The largest absolute Gasteiger partial charge is 0.350 e. The summed E-state index contributed by atoms with van der Waals surface area (Å²) in [5.74, 6) is 0.717. The average Bonchev–Trinajstić information content (AvgIpc) is 3.04. The van der Waals surface area contributed by atoms with Gasteiger partial charge < -0.3 is 10.2 Å². The van der Waals surface area contributed by atoms with Gasteiger partial charge in [0.05, 0.1) is 11.5 Å². The number of amides is 2. The lowest BCUT2D eigenvalue weighted by Gasteiger charge is -2.39. The molecule has 2 aliphatic heterocycles. The number of nitrogens with one attached hydrogen (secondary N) is 1. The van der Waals surface area contributed by atoms with E-state index in [1.807, 2.05) is 42.2 Å². The smallest absolute Gasteiger partial charge is 0.256 e. The van der Waals surface area contributed by atoms with Crippen molar-refractivity contribution >= 4 is 11.8 Å². The van der Waals surface area contributed by atoms with Crippen LogP contribution >= 0.6 is 0 Å². The second kappa shape index (κ2) is 7.10. The molecule has 0 radical (unpaired) electrons. The SMILES string of the molecule is CCc1ncc(C(=O)N2CCC3(CC2)CC(c2ccccc2)C(=O)N3)cn1. The van der Waals surface area contributed by atoms with Gasteiger partial charge in [0, 0.05) is 37.4 Å². The number of nitrogens with zero attached hydrogens (tertiary/aromatic N) is 3. The lowest BCUT2D eigenvalue weighted by Crippen LogP contribution is -2.52.